The van der Waals surface area contributed by atoms with E-state index in [1.807, 2.05) is 0 Å². The van der Waals surface area contributed by atoms with E-state index in [-0.39, 0.29) is 13.2 Å². The van der Waals surface area contributed by atoms with Crippen LogP contribution in [0.15, 0.2) is 24.3 Å². The number of methoxy groups -OCH3 is 1. The molecule has 0 aliphatic carbocycles. The molecule has 0 aliphatic heterocycles. The van der Waals surface area contributed by atoms with Crippen LogP contribution in [0, 0.1) is 5.92 Å². The molecule has 5 heteroatoms. The van der Waals surface area contributed by atoms with Gasteiger partial charge in [0.15, 0.2) is 0 Å². The van der Waals surface area contributed by atoms with E-state index in [1.165, 1.54) is 7.11 Å². The van der Waals surface area contributed by atoms with Gasteiger partial charge in [0.05, 0.1) is 18.1 Å². The molecule has 1 rings (SSSR count). The Morgan fingerprint density at radius 2 is 2.18 bits per heavy atom. The van der Waals surface area contributed by atoms with Crippen LogP contribution in [0.4, 0.5) is 0 Å². The zero-order valence-corrected chi connectivity index (χ0v) is 10.3. The van der Waals surface area contributed by atoms with E-state index in [0.29, 0.717) is 17.2 Å². The number of ether oxygens (including phenoxy) is 2. The summed E-state index contributed by atoms with van der Waals surface area (Å²) in [6.45, 7) is 0.0443. The monoisotopic (exact) mass is 258 g/mol. The Morgan fingerprint density at radius 3 is 2.76 bits per heavy atom. The Labute approximate surface area is 105 Å². The van der Waals surface area contributed by atoms with Gasteiger partial charge in [0.2, 0.25) is 0 Å². The highest BCUT2D eigenvalue weighted by Gasteiger charge is 2.19. The fourth-order valence-corrected chi connectivity index (χ4v) is 1.53. The minimum absolute atomic E-state index is 0.0916. The van der Waals surface area contributed by atoms with Crippen molar-refractivity contribution in [3.05, 3.63) is 29.3 Å². The molecule has 0 heterocycles. The highest BCUT2D eigenvalue weighted by atomic mass is 35.5. The Bertz CT molecular complexity index is 367. The first-order chi connectivity index (χ1) is 8.19. The summed E-state index contributed by atoms with van der Waals surface area (Å²) in [4.78, 5) is 11.4. The molecule has 17 heavy (non-hydrogen) atoms. The number of para-hydroxylation sites is 1. The Morgan fingerprint density at radius 1 is 1.47 bits per heavy atom. The zero-order chi connectivity index (χ0) is 12.7. The molecule has 4 nitrogen and oxygen atoms in total. The molecule has 0 aromatic heterocycles. The maximum atomic E-state index is 11.4. The number of benzene rings is 1. The van der Waals surface area contributed by atoms with Gasteiger partial charge in [-0.1, -0.05) is 23.7 Å². The zero-order valence-electron chi connectivity index (χ0n) is 9.56. The Hall–Kier alpha value is -1.26. The molecule has 1 aromatic carbocycles. The normalized spacial score (nSPS) is 11.9. The molecule has 1 N–H and O–H groups in total. The lowest BCUT2D eigenvalue weighted by Crippen LogP contribution is -2.24. The molecule has 1 atom stereocenters. The molecule has 0 saturated heterocycles. The molecular weight excluding hydrogens is 244 g/mol. The summed E-state index contributed by atoms with van der Waals surface area (Å²) < 4.78 is 10.1. The van der Waals surface area contributed by atoms with Crippen molar-refractivity contribution in [1.82, 2.24) is 0 Å². The number of carbonyl (C=O) groups excluding carboxylic acids is 1. The maximum Gasteiger partial charge on any atom is 0.312 e. The number of aliphatic hydroxyl groups excluding tert-OH is 1. The van der Waals surface area contributed by atoms with Gasteiger partial charge in [0, 0.05) is 6.61 Å². The number of halogens is 1. The van der Waals surface area contributed by atoms with E-state index in [0.717, 1.165) is 0 Å². The largest absolute Gasteiger partial charge is 0.491 e. The predicted octanol–water partition coefficient (Wildman–Crippen LogP) is 1.89. The number of hydrogen-bond donors (Lipinski definition) is 1. The molecule has 1 unspecified atom stereocenters. The number of esters is 1. The van der Waals surface area contributed by atoms with Crippen molar-refractivity contribution in [2.45, 2.75) is 6.42 Å². The van der Waals surface area contributed by atoms with E-state index in [1.54, 1.807) is 24.3 Å². The van der Waals surface area contributed by atoms with Gasteiger partial charge in [-0.3, -0.25) is 4.79 Å². The van der Waals surface area contributed by atoms with Crippen molar-refractivity contribution in [3.8, 4) is 5.75 Å². The first-order valence-corrected chi connectivity index (χ1v) is 5.62. The van der Waals surface area contributed by atoms with E-state index in [9.17, 15) is 4.79 Å². The quantitative estimate of drug-likeness (QED) is 0.792. The first-order valence-electron chi connectivity index (χ1n) is 5.25. The van der Waals surface area contributed by atoms with Crippen LogP contribution >= 0.6 is 11.6 Å². The van der Waals surface area contributed by atoms with Crippen molar-refractivity contribution < 1.29 is 19.4 Å². The van der Waals surface area contributed by atoms with Crippen LogP contribution in [0.3, 0.4) is 0 Å². The summed E-state index contributed by atoms with van der Waals surface area (Å²) in [5.41, 5.74) is 0. The van der Waals surface area contributed by atoms with Gasteiger partial charge in [-0.05, 0) is 18.6 Å². The topological polar surface area (TPSA) is 55.8 Å². The second-order valence-electron chi connectivity index (χ2n) is 3.47. The summed E-state index contributed by atoms with van der Waals surface area (Å²) >= 11 is 5.91. The highest BCUT2D eigenvalue weighted by molar-refractivity contribution is 6.32. The van der Waals surface area contributed by atoms with Crippen LogP contribution in [0.1, 0.15) is 6.42 Å². The lowest BCUT2D eigenvalue weighted by molar-refractivity contribution is -0.147. The average molecular weight is 259 g/mol. The molecule has 0 bridgehead atoms. The Kier molecular flexibility index (Phi) is 5.80. The minimum Gasteiger partial charge on any atom is -0.491 e. The predicted molar refractivity (Wildman–Crippen MR) is 64.2 cm³/mol. The van der Waals surface area contributed by atoms with E-state index in [2.05, 4.69) is 4.74 Å². The molecule has 0 fully saturated rings. The standard InChI is InChI=1S/C12H15ClO4/c1-16-12(15)9(6-7-14)8-17-11-5-3-2-4-10(11)13/h2-5,9,14H,6-8H2,1H3. The fraction of sp³-hybridized carbons (Fsp3) is 0.417. The third kappa shape index (κ3) is 4.24. The van der Waals surface area contributed by atoms with Crippen molar-refractivity contribution in [2.24, 2.45) is 5.92 Å². The molecule has 0 radical (unpaired) electrons. The molecular formula is C12H15ClO4. The molecule has 94 valence electrons. The number of carbonyl (C=O) groups is 1. The van der Waals surface area contributed by atoms with Gasteiger partial charge in [0.25, 0.3) is 0 Å². The van der Waals surface area contributed by atoms with E-state index < -0.39 is 11.9 Å². The summed E-state index contributed by atoms with van der Waals surface area (Å²) in [6.07, 6.45) is 0.303. The number of hydrogen-bond acceptors (Lipinski definition) is 4. The van der Waals surface area contributed by atoms with Crippen molar-refractivity contribution in [3.63, 3.8) is 0 Å². The van der Waals surface area contributed by atoms with Crippen LogP contribution in [0.2, 0.25) is 5.02 Å². The van der Waals surface area contributed by atoms with Gasteiger partial charge >= 0.3 is 5.97 Å². The second kappa shape index (κ2) is 7.14. The average Bonchev–Trinajstić information content (AvgIpc) is 2.35. The smallest absolute Gasteiger partial charge is 0.312 e. The molecule has 0 aliphatic rings. The van der Waals surface area contributed by atoms with Crippen molar-refractivity contribution in [1.29, 1.82) is 0 Å². The molecule has 1 aromatic rings. The summed E-state index contributed by atoms with van der Waals surface area (Å²) in [7, 11) is 1.31. The SMILES string of the molecule is COC(=O)C(CCO)COc1ccccc1Cl. The number of aliphatic hydroxyl groups is 1. The first kappa shape index (κ1) is 13.8. The summed E-state index contributed by atoms with van der Waals surface area (Å²) in [5, 5.41) is 9.33. The summed E-state index contributed by atoms with van der Waals surface area (Å²) in [6, 6.07) is 7.01. The van der Waals surface area contributed by atoms with Gasteiger partial charge < -0.3 is 14.6 Å². The maximum absolute atomic E-state index is 11.4. The lowest BCUT2D eigenvalue weighted by Gasteiger charge is -2.15. The van der Waals surface area contributed by atoms with Gasteiger partial charge in [-0.2, -0.15) is 0 Å². The molecule has 0 saturated carbocycles. The van der Waals surface area contributed by atoms with Crippen LogP contribution in [-0.4, -0.2) is 31.4 Å². The summed E-state index contributed by atoms with van der Waals surface area (Å²) in [5.74, 6) is -0.367. The van der Waals surface area contributed by atoms with Gasteiger partial charge in [-0.25, -0.2) is 0 Å². The Balaban J connectivity index is 2.57. The molecule has 0 amide bonds. The van der Waals surface area contributed by atoms with Crippen molar-refractivity contribution >= 4 is 17.6 Å². The van der Waals surface area contributed by atoms with Crippen molar-refractivity contribution in [2.75, 3.05) is 20.3 Å². The van der Waals surface area contributed by atoms with Crippen LogP contribution in [-0.2, 0) is 9.53 Å². The van der Waals surface area contributed by atoms with Crippen LogP contribution in [0.5, 0.6) is 5.75 Å². The van der Waals surface area contributed by atoms with Gasteiger partial charge in [0.1, 0.15) is 12.4 Å². The highest BCUT2D eigenvalue weighted by Crippen LogP contribution is 2.24. The minimum atomic E-state index is -0.485. The van der Waals surface area contributed by atoms with E-state index in [4.69, 9.17) is 21.4 Å². The second-order valence-corrected chi connectivity index (χ2v) is 3.88. The van der Waals surface area contributed by atoms with Crippen LogP contribution < -0.4 is 4.74 Å². The third-order valence-electron chi connectivity index (χ3n) is 2.29. The lowest BCUT2D eigenvalue weighted by atomic mass is 10.1. The number of rotatable bonds is 6. The van der Waals surface area contributed by atoms with Gasteiger partial charge in [-0.15, -0.1) is 0 Å². The van der Waals surface area contributed by atoms with E-state index >= 15 is 0 Å². The van der Waals surface area contributed by atoms with Crippen LogP contribution in [0.25, 0.3) is 0 Å². The fourth-order valence-electron chi connectivity index (χ4n) is 1.34. The third-order valence-corrected chi connectivity index (χ3v) is 2.60. The molecule has 0 spiro atoms.